The van der Waals surface area contributed by atoms with Crippen LogP contribution >= 0.6 is 0 Å². The first-order valence-electron chi connectivity index (χ1n) is 13.0. The van der Waals surface area contributed by atoms with Crippen molar-refractivity contribution >= 4 is 29.0 Å². The number of pyridine rings is 1. The van der Waals surface area contributed by atoms with Crippen molar-refractivity contribution < 1.29 is 22.8 Å². The number of halogens is 3. The lowest BCUT2D eigenvalue weighted by molar-refractivity contribution is -0.137. The van der Waals surface area contributed by atoms with E-state index in [9.17, 15) is 22.8 Å². The van der Waals surface area contributed by atoms with E-state index in [4.69, 9.17) is 10.7 Å². The minimum Gasteiger partial charge on any atom is -0.382 e. The highest BCUT2D eigenvalue weighted by molar-refractivity contribution is 6.04. The molecule has 1 fully saturated rings. The van der Waals surface area contributed by atoms with E-state index in [2.05, 4.69) is 20.6 Å². The Morgan fingerprint density at radius 3 is 2.60 bits per heavy atom. The fourth-order valence-electron chi connectivity index (χ4n) is 5.10. The third-order valence-electron chi connectivity index (χ3n) is 7.09. The van der Waals surface area contributed by atoms with E-state index in [0.717, 1.165) is 49.8 Å². The summed E-state index contributed by atoms with van der Waals surface area (Å²) in [4.78, 5) is 37.7. The molecule has 9 nitrogen and oxygen atoms in total. The third-order valence-corrected chi connectivity index (χ3v) is 7.09. The van der Waals surface area contributed by atoms with Crippen molar-refractivity contribution in [1.82, 2.24) is 24.7 Å². The molecule has 0 saturated heterocycles. The molecule has 2 atom stereocenters. The quantitative estimate of drug-likeness (QED) is 0.302. The molecule has 3 aromatic heterocycles. The Morgan fingerprint density at radius 2 is 1.88 bits per heavy atom. The topological polar surface area (TPSA) is 127 Å². The van der Waals surface area contributed by atoms with E-state index in [-0.39, 0.29) is 29.2 Å². The van der Waals surface area contributed by atoms with Crippen molar-refractivity contribution in [2.24, 2.45) is 0 Å². The van der Waals surface area contributed by atoms with E-state index in [1.165, 1.54) is 0 Å². The molecule has 0 bridgehead atoms. The minimum absolute atomic E-state index is 0.0284. The Balaban J connectivity index is 1.41. The van der Waals surface area contributed by atoms with Gasteiger partial charge in [-0.2, -0.15) is 13.2 Å². The van der Waals surface area contributed by atoms with Gasteiger partial charge in [0.25, 0.3) is 5.91 Å². The summed E-state index contributed by atoms with van der Waals surface area (Å²) in [5.74, 6) is 0.461. The van der Waals surface area contributed by atoms with Gasteiger partial charge in [0.15, 0.2) is 0 Å². The normalized spacial score (nSPS) is 17.5. The van der Waals surface area contributed by atoms with Crippen LogP contribution in [-0.4, -0.2) is 37.2 Å². The Hall–Kier alpha value is -4.48. The molecule has 4 aromatic rings. The van der Waals surface area contributed by atoms with E-state index in [0.29, 0.717) is 29.0 Å². The lowest BCUT2D eigenvalue weighted by Crippen LogP contribution is -2.37. The van der Waals surface area contributed by atoms with Crippen LogP contribution in [0.4, 0.5) is 24.8 Å². The highest BCUT2D eigenvalue weighted by atomic mass is 19.4. The average Bonchev–Trinajstić information content (AvgIpc) is 3.34. The van der Waals surface area contributed by atoms with Crippen molar-refractivity contribution in [1.29, 1.82) is 0 Å². The summed E-state index contributed by atoms with van der Waals surface area (Å²) in [7, 11) is 0. The number of hydrogen-bond donors (Lipinski definition) is 3. The van der Waals surface area contributed by atoms with E-state index >= 15 is 0 Å². The number of carbonyl (C=O) groups is 2. The van der Waals surface area contributed by atoms with Gasteiger partial charge >= 0.3 is 6.18 Å². The number of anilines is 2. The van der Waals surface area contributed by atoms with Gasteiger partial charge in [0.1, 0.15) is 28.7 Å². The number of benzene rings is 1. The molecule has 2 amide bonds. The summed E-state index contributed by atoms with van der Waals surface area (Å²) in [6.45, 7) is 1.83. The number of rotatable bonds is 6. The van der Waals surface area contributed by atoms with E-state index in [1.54, 1.807) is 30.5 Å². The van der Waals surface area contributed by atoms with Gasteiger partial charge in [0, 0.05) is 48.1 Å². The fourth-order valence-corrected chi connectivity index (χ4v) is 5.10. The van der Waals surface area contributed by atoms with Gasteiger partial charge in [0.2, 0.25) is 5.91 Å². The summed E-state index contributed by atoms with van der Waals surface area (Å²) < 4.78 is 40.9. The minimum atomic E-state index is -4.55. The summed E-state index contributed by atoms with van der Waals surface area (Å²) in [6.07, 6.45) is 3.86. The van der Waals surface area contributed by atoms with Crippen LogP contribution in [0.2, 0.25) is 0 Å². The van der Waals surface area contributed by atoms with Crippen molar-refractivity contribution in [2.75, 3.05) is 11.1 Å². The molecule has 3 heterocycles. The van der Waals surface area contributed by atoms with Gasteiger partial charge in [-0.1, -0.05) is 25.5 Å². The SMILES string of the molecule is CCC(=O)N[C@@H]1CCC[C@@H](c2nc(-c3ccc(C(=O)Nc4cc(C(F)(F)F)ccn4)cc3)c3c(N)nccn23)C1. The molecule has 0 aliphatic heterocycles. The van der Waals surface area contributed by atoms with Crippen LogP contribution in [0.1, 0.15) is 66.7 Å². The number of alkyl halides is 3. The third kappa shape index (κ3) is 5.61. The number of nitrogens with one attached hydrogen (secondary N) is 2. The monoisotopic (exact) mass is 551 g/mol. The summed E-state index contributed by atoms with van der Waals surface area (Å²) in [5, 5.41) is 5.51. The lowest BCUT2D eigenvalue weighted by Gasteiger charge is -2.29. The van der Waals surface area contributed by atoms with Gasteiger partial charge < -0.3 is 16.4 Å². The number of nitrogens with zero attached hydrogens (tertiary/aromatic N) is 4. The number of imidazole rings is 1. The first kappa shape index (κ1) is 27.1. The molecule has 1 aromatic carbocycles. The molecule has 40 heavy (non-hydrogen) atoms. The second-order valence-corrected chi connectivity index (χ2v) is 9.79. The molecular weight excluding hydrogens is 523 g/mol. The first-order chi connectivity index (χ1) is 19.1. The van der Waals surface area contributed by atoms with E-state index < -0.39 is 17.6 Å². The van der Waals surface area contributed by atoms with Crippen molar-refractivity contribution in [2.45, 2.75) is 57.2 Å². The maximum atomic E-state index is 13.0. The molecule has 4 N–H and O–H groups in total. The van der Waals surface area contributed by atoms with Gasteiger partial charge in [-0.15, -0.1) is 0 Å². The molecule has 0 radical (unpaired) electrons. The number of fused-ring (bicyclic) bond motifs is 1. The predicted molar refractivity (Wildman–Crippen MR) is 143 cm³/mol. The molecular formula is C28H28F3N7O2. The molecule has 208 valence electrons. The van der Waals surface area contributed by atoms with Crippen LogP contribution in [0.5, 0.6) is 0 Å². The Kier molecular flexibility index (Phi) is 7.42. The summed E-state index contributed by atoms with van der Waals surface area (Å²) in [6, 6.07) is 8.23. The van der Waals surface area contributed by atoms with Crippen molar-refractivity contribution in [3.8, 4) is 11.3 Å². The Labute approximate surface area is 228 Å². The second-order valence-electron chi connectivity index (χ2n) is 9.79. The molecule has 1 saturated carbocycles. The van der Waals surface area contributed by atoms with Gasteiger partial charge in [-0.25, -0.2) is 15.0 Å². The van der Waals surface area contributed by atoms with Crippen molar-refractivity contribution in [3.63, 3.8) is 0 Å². The first-order valence-corrected chi connectivity index (χ1v) is 13.0. The van der Waals surface area contributed by atoms with Gasteiger partial charge in [-0.05, 0) is 43.5 Å². The maximum Gasteiger partial charge on any atom is 0.416 e. The maximum absolute atomic E-state index is 13.0. The molecule has 0 unspecified atom stereocenters. The molecule has 5 rings (SSSR count). The van der Waals surface area contributed by atoms with Crippen LogP contribution in [0, 0.1) is 0 Å². The fraction of sp³-hybridized carbons (Fsp3) is 0.321. The largest absolute Gasteiger partial charge is 0.416 e. The number of hydrogen-bond acceptors (Lipinski definition) is 6. The predicted octanol–water partition coefficient (Wildman–Crippen LogP) is 5.20. The standard InChI is InChI=1S/C28H28F3N7O2/c1-2-22(39)35-20-5-3-4-18(14-20)26-37-23(24-25(32)34-12-13-38(24)26)16-6-8-17(9-7-16)27(40)36-21-15-19(10-11-33-21)28(29,30)31/h6-13,15,18,20H,2-5,14H2,1H3,(H2,32,34)(H,35,39)(H,33,36,40)/t18-,20-/m1/s1. The molecule has 12 heteroatoms. The van der Waals surface area contributed by atoms with Gasteiger partial charge in [-0.3, -0.25) is 14.0 Å². The summed E-state index contributed by atoms with van der Waals surface area (Å²) >= 11 is 0. The summed E-state index contributed by atoms with van der Waals surface area (Å²) in [5.41, 5.74) is 7.55. The Bertz CT molecular complexity index is 1550. The number of aromatic nitrogens is 4. The second kappa shape index (κ2) is 10.9. The lowest BCUT2D eigenvalue weighted by atomic mass is 9.85. The zero-order valence-electron chi connectivity index (χ0n) is 21.7. The van der Waals surface area contributed by atoms with Crippen molar-refractivity contribution in [3.05, 3.63) is 71.9 Å². The number of nitrogens with two attached hydrogens (primary N) is 1. The highest BCUT2D eigenvalue weighted by Gasteiger charge is 2.31. The number of amides is 2. The zero-order chi connectivity index (χ0) is 28.4. The van der Waals surface area contributed by atoms with Crippen LogP contribution in [0.3, 0.4) is 0 Å². The molecule has 0 spiro atoms. The Morgan fingerprint density at radius 1 is 1.10 bits per heavy atom. The van der Waals surface area contributed by atoms with Crippen LogP contribution < -0.4 is 16.4 Å². The highest BCUT2D eigenvalue weighted by Crippen LogP contribution is 2.37. The van der Waals surface area contributed by atoms with Crippen LogP contribution in [-0.2, 0) is 11.0 Å². The van der Waals surface area contributed by atoms with Crippen LogP contribution in [0.25, 0.3) is 16.8 Å². The van der Waals surface area contributed by atoms with E-state index in [1.807, 2.05) is 17.5 Å². The number of carbonyl (C=O) groups excluding carboxylic acids is 2. The number of nitrogen functional groups attached to an aromatic ring is 1. The molecule has 1 aliphatic rings. The van der Waals surface area contributed by atoms with Gasteiger partial charge in [0.05, 0.1) is 5.56 Å². The molecule has 1 aliphatic carbocycles. The zero-order valence-corrected chi connectivity index (χ0v) is 21.7. The van der Waals surface area contributed by atoms with Crippen LogP contribution in [0.15, 0.2) is 55.0 Å². The smallest absolute Gasteiger partial charge is 0.382 e. The average molecular weight is 552 g/mol.